The van der Waals surface area contributed by atoms with E-state index >= 15 is 0 Å². The lowest BCUT2D eigenvalue weighted by atomic mass is 10.1. The Kier molecular flexibility index (Phi) is 6.43. The summed E-state index contributed by atoms with van der Waals surface area (Å²) in [6, 6.07) is 14.9. The summed E-state index contributed by atoms with van der Waals surface area (Å²) in [7, 11) is 3.17. The summed E-state index contributed by atoms with van der Waals surface area (Å²) >= 11 is 0. The van der Waals surface area contributed by atoms with Crippen molar-refractivity contribution in [1.82, 2.24) is 19.2 Å². The van der Waals surface area contributed by atoms with E-state index in [4.69, 9.17) is 18.6 Å². The Bertz CT molecular complexity index is 1610. The van der Waals surface area contributed by atoms with Gasteiger partial charge in [-0.15, -0.1) is 0 Å². The van der Waals surface area contributed by atoms with Crippen LogP contribution >= 0.6 is 0 Å². The Morgan fingerprint density at radius 3 is 2.38 bits per heavy atom. The van der Waals surface area contributed by atoms with Crippen molar-refractivity contribution in [3.8, 4) is 40.0 Å². The summed E-state index contributed by atoms with van der Waals surface area (Å²) in [6.07, 6.45) is 3.56. The van der Waals surface area contributed by atoms with Gasteiger partial charge in [0.15, 0.2) is 11.5 Å². The van der Waals surface area contributed by atoms with Crippen molar-refractivity contribution in [2.75, 3.05) is 14.2 Å². The first kappa shape index (κ1) is 24.2. The molecule has 0 saturated heterocycles. The van der Waals surface area contributed by atoms with Gasteiger partial charge in [0.25, 0.3) is 5.56 Å². The van der Waals surface area contributed by atoms with Gasteiger partial charge in [-0.3, -0.25) is 4.79 Å². The molecule has 0 spiro atoms. The zero-order valence-electron chi connectivity index (χ0n) is 21.4. The average molecular weight is 501 g/mol. The second kappa shape index (κ2) is 9.85. The van der Waals surface area contributed by atoms with Gasteiger partial charge < -0.3 is 23.2 Å². The second-order valence-corrected chi connectivity index (χ2v) is 8.87. The maximum atomic E-state index is 13.3. The van der Waals surface area contributed by atoms with E-state index in [-0.39, 0.29) is 18.2 Å². The molecule has 0 aliphatic heterocycles. The van der Waals surface area contributed by atoms with Crippen LogP contribution in [0.4, 0.5) is 0 Å². The van der Waals surface area contributed by atoms with E-state index in [1.165, 1.54) is 0 Å². The fraction of sp³-hybridized carbons (Fsp3) is 0.250. The Labute approximate surface area is 213 Å². The molecule has 2 aromatic carbocycles. The lowest BCUT2D eigenvalue weighted by Crippen LogP contribution is -2.22. The number of benzene rings is 2. The zero-order valence-corrected chi connectivity index (χ0v) is 21.4. The SMILES string of the molecule is COc1ccc(-c2cc3c(=O)n(Cc4nc(-c5ccc(OC(C)C)cc5)oc4C)ccn3n2)cc1OC. The van der Waals surface area contributed by atoms with Gasteiger partial charge in [-0.25, -0.2) is 9.50 Å². The third-order valence-electron chi connectivity index (χ3n) is 5.97. The molecule has 3 aromatic heterocycles. The summed E-state index contributed by atoms with van der Waals surface area (Å²) in [6.45, 7) is 6.09. The molecule has 0 atom stereocenters. The summed E-state index contributed by atoms with van der Waals surface area (Å²) in [4.78, 5) is 18.0. The Morgan fingerprint density at radius 2 is 1.68 bits per heavy atom. The molecule has 3 heterocycles. The van der Waals surface area contributed by atoms with Crippen molar-refractivity contribution in [2.24, 2.45) is 0 Å². The van der Waals surface area contributed by atoms with Crippen LogP contribution in [-0.4, -0.2) is 39.5 Å². The second-order valence-electron chi connectivity index (χ2n) is 8.87. The summed E-state index contributed by atoms with van der Waals surface area (Å²) in [5, 5.41) is 4.57. The summed E-state index contributed by atoms with van der Waals surface area (Å²) < 4.78 is 25.5. The number of aryl methyl sites for hydroxylation is 1. The maximum Gasteiger partial charge on any atom is 0.276 e. The summed E-state index contributed by atoms with van der Waals surface area (Å²) in [5.74, 6) is 3.16. The van der Waals surface area contributed by atoms with Gasteiger partial charge in [0, 0.05) is 23.5 Å². The lowest BCUT2D eigenvalue weighted by molar-refractivity contribution is 0.242. The Balaban J connectivity index is 1.42. The van der Waals surface area contributed by atoms with E-state index in [0.717, 1.165) is 16.9 Å². The van der Waals surface area contributed by atoms with Crippen LogP contribution < -0.4 is 19.8 Å². The molecule has 5 rings (SSSR count). The molecule has 0 aliphatic carbocycles. The third kappa shape index (κ3) is 4.80. The van der Waals surface area contributed by atoms with Crippen LogP contribution in [-0.2, 0) is 6.54 Å². The van der Waals surface area contributed by atoms with Crippen LogP contribution in [0.3, 0.4) is 0 Å². The molecule has 190 valence electrons. The van der Waals surface area contributed by atoms with Crippen molar-refractivity contribution in [2.45, 2.75) is 33.4 Å². The highest BCUT2D eigenvalue weighted by Crippen LogP contribution is 2.32. The van der Waals surface area contributed by atoms with Crippen LogP contribution in [0.25, 0.3) is 28.2 Å². The van der Waals surface area contributed by atoms with Crippen LogP contribution in [0.1, 0.15) is 25.3 Å². The molecule has 0 radical (unpaired) electrons. The smallest absolute Gasteiger partial charge is 0.276 e. The van der Waals surface area contributed by atoms with Crippen LogP contribution in [0.2, 0.25) is 0 Å². The van der Waals surface area contributed by atoms with Crippen molar-refractivity contribution in [3.05, 3.63) is 82.7 Å². The minimum Gasteiger partial charge on any atom is -0.493 e. The largest absolute Gasteiger partial charge is 0.493 e. The number of hydrogen-bond acceptors (Lipinski definition) is 7. The molecule has 37 heavy (non-hydrogen) atoms. The molecular formula is C28H28N4O5. The fourth-order valence-corrected chi connectivity index (χ4v) is 4.10. The number of hydrogen-bond donors (Lipinski definition) is 0. The van der Waals surface area contributed by atoms with E-state index in [0.29, 0.717) is 40.1 Å². The highest BCUT2D eigenvalue weighted by atomic mass is 16.5. The number of methoxy groups -OCH3 is 2. The number of fused-ring (bicyclic) bond motifs is 1. The Hall–Kier alpha value is -4.53. The number of rotatable bonds is 8. The molecule has 5 aromatic rings. The first-order chi connectivity index (χ1) is 17.9. The lowest BCUT2D eigenvalue weighted by Gasteiger charge is -2.09. The topological polar surface area (TPSA) is 93.0 Å². The average Bonchev–Trinajstić information content (AvgIpc) is 3.49. The minimum atomic E-state index is -0.180. The quantitative estimate of drug-likeness (QED) is 0.297. The highest BCUT2D eigenvalue weighted by molar-refractivity contribution is 5.68. The monoisotopic (exact) mass is 500 g/mol. The van der Waals surface area contributed by atoms with Gasteiger partial charge >= 0.3 is 0 Å². The molecule has 0 fully saturated rings. The van der Waals surface area contributed by atoms with E-state index in [1.807, 2.05) is 63.2 Å². The zero-order chi connectivity index (χ0) is 26.1. The normalized spacial score (nSPS) is 11.3. The standard InChI is InChI=1S/C28H28N4O5/c1-17(2)36-21-9-6-19(7-10-21)27-29-23(18(3)37-27)16-31-12-13-32-24(28(31)33)15-22(30-32)20-8-11-25(34-4)26(14-20)35-5/h6-15,17H,16H2,1-5H3. The number of nitrogens with zero attached hydrogens (tertiary/aromatic N) is 4. The van der Waals surface area contributed by atoms with Crippen molar-refractivity contribution in [3.63, 3.8) is 0 Å². The van der Waals surface area contributed by atoms with Gasteiger partial charge in [-0.05, 0) is 69.3 Å². The molecule has 0 saturated carbocycles. The predicted molar refractivity (Wildman–Crippen MR) is 140 cm³/mol. The van der Waals surface area contributed by atoms with Gasteiger partial charge in [0.05, 0.1) is 32.6 Å². The fourth-order valence-electron chi connectivity index (χ4n) is 4.10. The number of ether oxygens (including phenoxy) is 3. The molecule has 0 unspecified atom stereocenters. The molecule has 9 heteroatoms. The van der Waals surface area contributed by atoms with Gasteiger partial charge in [-0.2, -0.15) is 5.10 Å². The van der Waals surface area contributed by atoms with E-state index in [9.17, 15) is 4.79 Å². The van der Waals surface area contributed by atoms with Crippen LogP contribution in [0.15, 0.2) is 70.1 Å². The molecule has 9 nitrogen and oxygen atoms in total. The van der Waals surface area contributed by atoms with E-state index < -0.39 is 0 Å². The molecule has 0 aliphatic rings. The van der Waals surface area contributed by atoms with Crippen LogP contribution in [0, 0.1) is 6.92 Å². The van der Waals surface area contributed by atoms with E-state index in [1.54, 1.807) is 41.8 Å². The first-order valence-electron chi connectivity index (χ1n) is 11.9. The molecule has 0 bridgehead atoms. The summed E-state index contributed by atoms with van der Waals surface area (Å²) in [5.41, 5.74) is 3.26. The van der Waals surface area contributed by atoms with Gasteiger partial charge in [0.1, 0.15) is 22.7 Å². The van der Waals surface area contributed by atoms with E-state index in [2.05, 4.69) is 10.1 Å². The highest BCUT2D eigenvalue weighted by Gasteiger charge is 2.16. The Morgan fingerprint density at radius 1 is 0.946 bits per heavy atom. The van der Waals surface area contributed by atoms with Crippen molar-refractivity contribution in [1.29, 1.82) is 0 Å². The maximum absolute atomic E-state index is 13.3. The predicted octanol–water partition coefficient (Wildman–Crippen LogP) is 4.98. The number of oxazole rings is 1. The third-order valence-corrected chi connectivity index (χ3v) is 5.97. The minimum absolute atomic E-state index is 0.1000. The molecule has 0 amide bonds. The van der Waals surface area contributed by atoms with Crippen molar-refractivity contribution >= 4 is 5.52 Å². The molecule has 0 N–H and O–H groups in total. The number of aromatic nitrogens is 4. The van der Waals surface area contributed by atoms with Gasteiger partial charge in [0.2, 0.25) is 5.89 Å². The van der Waals surface area contributed by atoms with Gasteiger partial charge in [-0.1, -0.05) is 0 Å². The van der Waals surface area contributed by atoms with Crippen LogP contribution in [0.5, 0.6) is 17.2 Å². The first-order valence-corrected chi connectivity index (χ1v) is 11.9. The van der Waals surface area contributed by atoms with Crippen molar-refractivity contribution < 1.29 is 18.6 Å². The molecular weight excluding hydrogens is 472 g/mol.